The fourth-order valence-corrected chi connectivity index (χ4v) is 9.50. The van der Waals surface area contributed by atoms with Gasteiger partial charge in [0, 0.05) is 19.3 Å². The maximum absolute atomic E-state index is 12.9. The average molecular weight is 1100 g/mol. The summed E-state index contributed by atoms with van der Waals surface area (Å²) in [7, 11) is 0. The van der Waals surface area contributed by atoms with Gasteiger partial charge in [0.05, 0.1) is 0 Å². The van der Waals surface area contributed by atoms with Crippen LogP contribution in [0.2, 0.25) is 0 Å². The van der Waals surface area contributed by atoms with Crippen molar-refractivity contribution in [3.05, 3.63) is 97.2 Å². The fraction of sp³-hybridized carbons (Fsp3) is 0.740. The molecule has 0 bridgehead atoms. The Hall–Kier alpha value is -3.67. The number of carbonyl (C=O) groups is 3. The van der Waals surface area contributed by atoms with Crippen molar-refractivity contribution in [3.8, 4) is 0 Å². The topological polar surface area (TPSA) is 78.9 Å². The highest BCUT2D eigenvalue weighted by Crippen LogP contribution is 2.16. The van der Waals surface area contributed by atoms with Crippen molar-refractivity contribution in [3.63, 3.8) is 0 Å². The van der Waals surface area contributed by atoms with Gasteiger partial charge in [-0.15, -0.1) is 0 Å². The number of ether oxygens (including phenoxy) is 3. The zero-order chi connectivity index (χ0) is 57.1. The SMILES string of the molecule is CC/C=C\C/C=C\C/C=C\C/C=C\CCCCCCCCCCCCCCCCC(=O)OCC(COC(=O)CCCCCCC/C=C\CCCCCC)OC(=O)CCCCCCCC/C=C\C/C=C\C/C=C\CCCCCCC. The van der Waals surface area contributed by atoms with E-state index in [0.717, 1.165) is 116 Å². The van der Waals surface area contributed by atoms with Crippen LogP contribution in [0.3, 0.4) is 0 Å². The Kier molecular flexibility index (Phi) is 63.7. The minimum absolute atomic E-state index is 0.0842. The van der Waals surface area contributed by atoms with Crippen molar-refractivity contribution in [1.29, 1.82) is 0 Å². The molecule has 0 amide bonds. The largest absolute Gasteiger partial charge is 0.462 e. The molecule has 1 unspecified atom stereocenters. The molecule has 0 heterocycles. The van der Waals surface area contributed by atoms with Crippen molar-refractivity contribution in [1.82, 2.24) is 0 Å². The quantitative estimate of drug-likeness (QED) is 0.0261. The first-order chi connectivity index (χ1) is 39.0. The minimum Gasteiger partial charge on any atom is -0.462 e. The standard InChI is InChI=1S/C73H126O6/c1-4-7-10-13-16-19-22-25-27-29-31-33-34-35-36-37-38-40-41-43-45-48-51-54-57-60-63-66-72(75)78-69-70(68-77-71(74)65-62-59-56-53-50-47-24-21-18-15-12-9-6-3)79-73(76)67-64-61-58-55-52-49-46-44-42-39-32-30-28-26-23-20-17-14-11-8-5-2/h7,10,16,19,21,23-27,30-33,42,44,70H,4-6,8-9,11-15,17-18,20,22,28-29,34-41,43,45-69H2,1-3H3/b10-7-,19-16-,24-21-,26-23-,27-25-,32-30-,33-31-,44-42-. The summed E-state index contributed by atoms with van der Waals surface area (Å²) in [5.74, 6) is -0.894. The molecule has 0 saturated heterocycles. The number of hydrogen-bond acceptors (Lipinski definition) is 6. The predicted molar refractivity (Wildman–Crippen MR) is 344 cm³/mol. The lowest BCUT2D eigenvalue weighted by Crippen LogP contribution is -2.30. The van der Waals surface area contributed by atoms with Crippen LogP contribution < -0.4 is 0 Å². The molecule has 454 valence electrons. The molecule has 6 heteroatoms. The Morgan fingerprint density at radius 2 is 0.494 bits per heavy atom. The van der Waals surface area contributed by atoms with Gasteiger partial charge >= 0.3 is 17.9 Å². The third kappa shape index (κ3) is 65.0. The number of esters is 3. The summed E-state index contributed by atoms with van der Waals surface area (Å²) < 4.78 is 16.9. The Labute approximate surface area is 489 Å². The molecule has 0 aliphatic rings. The molecule has 0 rings (SSSR count). The zero-order valence-electron chi connectivity index (χ0n) is 52.1. The van der Waals surface area contributed by atoms with Crippen LogP contribution in [0.5, 0.6) is 0 Å². The lowest BCUT2D eigenvalue weighted by atomic mass is 10.0. The second-order valence-corrected chi connectivity index (χ2v) is 22.3. The van der Waals surface area contributed by atoms with Crippen molar-refractivity contribution in [2.24, 2.45) is 0 Å². The van der Waals surface area contributed by atoms with Crippen LogP contribution in [0.15, 0.2) is 97.2 Å². The summed E-state index contributed by atoms with van der Waals surface area (Å²) in [6, 6.07) is 0. The molecule has 0 aliphatic heterocycles. The van der Waals surface area contributed by atoms with E-state index in [1.165, 1.54) is 173 Å². The van der Waals surface area contributed by atoms with Gasteiger partial charge in [-0.25, -0.2) is 0 Å². The van der Waals surface area contributed by atoms with E-state index in [1.807, 2.05) is 0 Å². The Morgan fingerprint density at radius 1 is 0.266 bits per heavy atom. The second-order valence-electron chi connectivity index (χ2n) is 22.3. The molecule has 79 heavy (non-hydrogen) atoms. The number of hydrogen-bond donors (Lipinski definition) is 0. The van der Waals surface area contributed by atoms with Crippen molar-refractivity contribution >= 4 is 17.9 Å². The highest BCUT2D eigenvalue weighted by atomic mass is 16.6. The molecular formula is C73H126O6. The normalized spacial score (nSPS) is 12.7. The van der Waals surface area contributed by atoms with Crippen molar-refractivity contribution in [2.75, 3.05) is 13.2 Å². The molecule has 0 fully saturated rings. The van der Waals surface area contributed by atoms with E-state index in [4.69, 9.17) is 14.2 Å². The van der Waals surface area contributed by atoms with E-state index in [1.54, 1.807) is 0 Å². The van der Waals surface area contributed by atoms with E-state index in [2.05, 4.69) is 118 Å². The fourth-order valence-electron chi connectivity index (χ4n) is 9.50. The predicted octanol–water partition coefficient (Wildman–Crippen LogP) is 23.2. The maximum Gasteiger partial charge on any atom is 0.306 e. The first-order valence-corrected chi connectivity index (χ1v) is 33.7. The summed E-state index contributed by atoms with van der Waals surface area (Å²) >= 11 is 0. The van der Waals surface area contributed by atoms with Crippen LogP contribution in [0, 0.1) is 0 Å². The van der Waals surface area contributed by atoms with Gasteiger partial charge in [-0.2, -0.15) is 0 Å². The Balaban J connectivity index is 4.31. The summed E-state index contributed by atoms with van der Waals surface area (Å²) in [5.41, 5.74) is 0. The van der Waals surface area contributed by atoms with E-state index in [9.17, 15) is 14.4 Å². The lowest BCUT2D eigenvalue weighted by molar-refractivity contribution is -0.167. The summed E-state index contributed by atoms with van der Waals surface area (Å²) in [6.07, 6.45) is 89.9. The first-order valence-electron chi connectivity index (χ1n) is 33.7. The number of rotatable bonds is 61. The van der Waals surface area contributed by atoms with Gasteiger partial charge < -0.3 is 14.2 Å². The van der Waals surface area contributed by atoms with Gasteiger partial charge in [0.1, 0.15) is 13.2 Å². The number of allylic oxidation sites excluding steroid dienone is 16. The van der Waals surface area contributed by atoms with Crippen LogP contribution in [-0.4, -0.2) is 37.2 Å². The van der Waals surface area contributed by atoms with Crippen molar-refractivity contribution in [2.45, 2.75) is 335 Å². The summed E-state index contributed by atoms with van der Waals surface area (Å²) in [6.45, 7) is 6.51. The smallest absolute Gasteiger partial charge is 0.306 e. The molecule has 0 radical (unpaired) electrons. The van der Waals surface area contributed by atoms with Crippen LogP contribution in [-0.2, 0) is 28.6 Å². The molecule has 0 saturated carbocycles. The maximum atomic E-state index is 12.9. The van der Waals surface area contributed by atoms with E-state index in [-0.39, 0.29) is 31.1 Å². The summed E-state index contributed by atoms with van der Waals surface area (Å²) in [4.78, 5) is 38.4. The number of carbonyl (C=O) groups excluding carboxylic acids is 3. The van der Waals surface area contributed by atoms with E-state index < -0.39 is 6.10 Å². The van der Waals surface area contributed by atoms with Crippen LogP contribution in [0.4, 0.5) is 0 Å². The molecule has 0 aromatic rings. The average Bonchev–Trinajstić information content (AvgIpc) is 3.45. The van der Waals surface area contributed by atoms with Crippen LogP contribution in [0.25, 0.3) is 0 Å². The molecule has 6 nitrogen and oxygen atoms in total. The molecule has 0 N–H and O–H groups in total. The molecule has 0 aliphatic carbocycles. The van der Waals surface area contributed by atoms with E-state index >= 15 is 0 Å². The second kappa shape index (κ2) is 66.8. The monoisotopic (exact) mass is 1100 g/mol. The highest BCUT2D eigenvalue weighted by molar-refractivity contribution is 5.71. The van der Waals surface area contributed by atoms with Crippen LogP contribution in [0.1, 0.15) is 329 Å². The highest BCUT2D eigenvalue weighted by Gasteiger charge is 2.19. The van der Waals surface area contributed by atoms with Crippen LogP contribution >= 0.6 is 0 Å². The molecule has 0 spiro atoms. The molecule has 1 atom stereocenters. The third-order valence-corrected chi connectivity index (χ3v) is 14.5. The van der Waals surface area contributed by atoms with Gasteiger partial charge in [0.2, 0.25) is 0 Å². The zero-order valence-corrected chi connectivity index (χ0v) is 52.1. The summed E-state index contributed by atoms with van der Waals surface area (Å²) in [5, 5.41) is 0. The lowest BCUT2D eigenvalue weighted by Gasteiger charge is -2.18. The molecule has 0 aromatic carbocycles. The Morgan fingerprint density at radius 3 is 0.797 bits per heavy atom. The first kappa shape index (κ1) is 75.3. The van der Waals surface area contributed by atoms with Gasteiger partial charge in [-0.1, -0.05) is 285 Å². The third-order valence-electron chi connectivity index (χ3n) is 14.5. The van der Waals surface area contributed by atoms with Gasteiger partial charge in [0.25, 0.3) is 0 Å². The number of unbranched alkanes of at least 4 members (excludes halogenated alkanes) is 34. The van der Waals surface area contributed by atoms with Crippen molar-refractivity contribution < 1.29 is 28.6 Å². The molecule has 0 aromatic heterocycles. The van der Waals surface area contributed by atoms with Gasteiger partial charge in [0.15, 0.2) is 6.10 Å². The Bertz CT molecular complexity index is 1540. The minimum atomic E-state index is -0.789. The van der Waals surface area contributed by atoms with Gasteiger partial charge in [-0.3, -0.25) is 14.4 Å². The van der Waals surface area contributed by atoms with E-state index in [0.29, 0.717) is 19.3 Å². The molecular weight excluding hydrogens is 973 g/mol. The van der Waals surface area contributed by atoms with Gasteiger partial charge in [-0.05, 0) is 122 Å².